The predicted molar refractivity (Wildman–Crippen MR) is 164 cm³/mol. The van der Waals surface area contributed by atoms with E-state index in [4.69, 9.17) is 4.74 Å². The lowest BCUT2D eigenvalue weighted by Gasteiger charge is -2.27. The van der Waals surface area contributed by atoms with Crippen LogP contribution in [0.15, 0.2) is 133 Å². The standard InChI is InChI=1S/C36H27O2P/c1-38-27-21-22-31-32(24-27)34(25-13-5-2-6-14-25)35-30-20-12-11-15-26(30)23-33(35)36(31)39(37,28-16-7-3-8-17-28)29-18-9-4-10-19-29/h2-22,24H,23H2,1H3. The van der Waals surface area contributed by atoms with Crippen LogP contribution in [0.4, 0.5) is 0 Å². The molecule has 3 heteroatoms. The fraction of sp³-hybridized carbons (Fsp3) is 0.0556. The van der Waals surface area contributed by atoms with Crippen molar-refractivity contribution in [2.75, 3.05) is 7.11 Å². The molecular formula is C36H27O2P. The second kappa shape index (κ2) is 9.42. The van der Waals surface area contributed by atoms with Crippen molar-refractivity contribution in [3.8, 4) is 28.0 Å². The molecule has 1 aliphatic rings. The Labute approximate surface area is 228 Å². The third-order valence-electron chi connectivity index (χ3n) is 7.86. The van der Waals surface area contributed by atoms with Gasteiger partial charge in [0.05, 0.1) is 7.11 Å². The minimum Gasteiger partial charge on any atom is -0.497 e. The summed E-state index contributed by atoms with van der Waals surface area (Å²) < 4.78 is 21.6. The highest BCUT2D eigenvalue weighted by molar-refractivity contribution is 7.85. The first-order valence-corrected chi connectivity index (χ1v) is 14.9. The van der Waals surface area contributed by atoms with Crippen LogP contribution >= 0.6 is 7.14 Å². The Morgan fingerprint density at radius 1 is 0.615 bits per heavy atom. The van der Waals surface area contributed by atoms with E-state index in [9.17, 15) is 0 Å². The van der Waals surface area contributed by atoms with Gasteiger partial charge in [0.2, 0.25) is 0 Å². The van der Waals surface area contributed by atoms with Crippen LogP contribution in [0.1, 0.15) is 11.1 Å². The maximum absolute atomic E-state index is 15.9. The second-order valence-electron chi connectivity index (χ2n) is 9.97. The van der Waals surface area contributed by atoms with E-state index in [0.29, 0.717) is 0 Å². The van der Waals surface area contributed by atoms with E-state index in [2.05, 4.69) is 60.7 Å². The molecule has 0 spiro atoms. The fourth-order valence-corrected chi connectivity index (χ4v) is 9.26. The third-order valence-corrected chi connectivity index (χ3v) is 11.1. The molecule has 0 aliphatic heterocycles. The summed E-state index contributed by atoms with van der Waals surface area (Å²) in [6.45, 7) is 0. The van der Waals surface area contributed by atoms with Gasteiger partial charge < -0.3 is 9.30 Å². The van der Waals surface area contributed by atoms with Crippen LogP contribution in [-0.4, -0.2) is 7.11 Å². The van der Waals surface area contributed by atoms with Crippen molar-refractivity contribution in [1.29, 1.82) is 0 Å². The largest absolute Gasteiger partial charge is 0.497 e. The quantitative estimate of drug-likeness (QED) is 0.216. The van der Waals surface area contributed by atoms with Gasteiger partial charge in [0.1, 0.15) is 5.75 Å². The van der Waals surface area contributed by atoms with E-state index in [1.54, 1.807) is 7.11 Å². The zero-order valence-corrected chi connectivity index (χ0v) is 22.6. The minimum absolute atomic E-state index is 0.742. The lowest BCUT2D eigenvalue weighted by molar-refractivity contribution is 0.415. The van der Waals surface area contributed by atoms with Crippen LogP contribution in [0.5, 0.6) is 5.75 Å². The van der Waals surface area contributed by atoms with Crippen LogP contribution < -0.4 is 20.7 Å². The second-order valence-corrected chi connectivity index (χ2v) is 12.7. The van der Waals surface area contributed by atoms with Gasteiger partial charge in [0, 0.05) is 15.9 Å². The Morgan fingerprint density at radius 2 is 1.21 bits per heavy atom. The van der Waals surface area contributed by atoms with Crippen LogP contribution in [0.3, 0.4) is 0 Å². The molecule has 0 atom stereocenters. The number of benzene rings is 6. The normalized spacial score (nSPS) is 12.2. The highest BCUT2D eigenvalue weighted by Crippen LogP contribution is 2.53. The maximum atomic E-state index is 15.9. The van der Waals surface area contributed by atoms with Gasteiger partial charge in [-0.15, -0.1) is 0 Å². The van der Waals surface area contributed by atoms with E-state index in [-0.39, 0.29) is 0 Å². The molecule has 0 heterocycles. The van der Waals surface area contributed by atoms with Crippen molar-refractivity contribution in [2.24, 2.45) is 0 Å². The van der Waals surface area contributed by atoms with Crippen molar-refractivity contribution in [3.05, 3.63) is 145 Å². The number of methoxy groups -OCH3 is 1. The topological polar surface area (TPSA) is 26.3 Å². The lowest BCUT2D eigenvalue weighted by atomic mass is 9.89. The number of hydrogen-bond donors (Lipinski definition) is 0. The van der Waals surface area contributed by atoms with Crippen LogP contribution in [0.2, 0.25) is 0 Å². The molecule has 1 aliphatic carbocycles. The van der Waals surface area contributed by atoms with Gasteiger partial charge in [-0.2, -0.15) is 0 Å². The zero-order valence-electron chi connectivity index (χ0n) is 21.7. The van der Waals surface area contributed by atoms with E-state index >= 15 is 4.57 Å². The zero-order chi connectivity index (χ0) is 26.4. The molecule has 0 saturated heterocycles. The van der Waals surface area contributed by atoms with Gasteiger partial charge in [0.15, 0.2) is 7.14 Å². The van der Waals surface area contributed by atoms with Gasteiger partial charge in [-0.25, -0.2) is 0 Å². The van der Waals surface area contributed by atoms with E-state index in [0.717, 1.165) is 50.0 Å². The summed E-state index contributed by atoms with van der Waals surface area (Å²) in [5, 5.41) is 4.69. The molecule has 6 aromatic carbocycles. The summed E-state index contributed by atoms with van der Waals surface area (Å²) >= 11 is 0. The third kappa shape index (κ3) is 3.67. The number of hydrogen-bond acceptors (Lipinski definition) is 2. The minimum atomic E-state index is -3.27. The van der Waals surface area contributed by atoms with Crippen LogP contribution in [0, 0.1) is 0 Å². The van der Waals surface area contributed by atoms with Crippen LogP contribution in [-0.2, 0) is 11.0 Å². The average molecular weight is 523 g/mol. The Bertz CT molecular complexity index is 1830. The molecule has 0 bridgehead atoms. The van der Waals surface area contributed by atoms with Gasteiger partial charge in [0.25, 0.3) is 0 Å². The molecule has 0 saturated carbocycles. The summed E-state index contributed by atoms with van der Waals surface area (Å²) in [7, 11) is -1.57. The van der Waals surface area contributed by atoms with Crippen molar-refractivity contribution >= 4 is 33.8 Å². The molecule has 2 nitrogen and oxygen atoms in total. The van der Waals surface area contributed by atoms with Crippen molar-refractivity contribution < 1.29 is 9.30 Å². The highest BCUT2D eigenvalue weighted by Gasteiger charge is 2.38. The molecule has 6 aromatic rings. The molecule has 39 heavy (non-hydrogen) atoms. The van der Waals surface area contributed by atoms with Gasteiger partial charge >= 0.3 is 0 Å². The van der Waals surface area contributed by atoms with Crippen LogP contribution in [0.25, 0.3) is 33.0 Å². The monoisotopic (exact) mass is 522 g/mol. The lowest BCUT2D eigenvalue weighted by Crippen LogP contribution is -2.28. The average Bonchev–Trinajstić information content (AvgIpc) is 3.39. The molecule has 0 radical (unpaired) electrons. The maximum Gasteiger partial charge on any atom is 0.171 e. The fourth-order valence-electron chi connectivity index (χ4n) is 6.16. The number of rotatable bonds is 5. The molecule has 188 valence electrons. The molecule has 7 rings (SSSR count). The molecule has 0 amide bonds. The van der Waals surface area contributed by atoms with E-state index in [1.165, 1.54) is 22.3 Å². The van der Waals surface area contributed by atoms with Crippen molar-refractivity contribution in [3.63, 3.8) is 0 Å². The Kier molecular flexibility index (Phi) is 5.72. The molecule has 0 fully saturated rings. The first-order valence-electron chi connectivity index (χ1n) is 13.2. The summed E-state index contributed by atoms with van der Waals surface area (Å²) in [5.74, 6) is 0.783. The van der Waals surface area contributed by atoms with Crippen molar-refractivity contribution in [1.82, 2.24) is 0 Å². The first kappa shape index (κ1) is 23.7. The summed E-state index contributed by atoms with van der Waals surface area (Å²) in [6.07, 6.45) is 0.742. The first-order chi connectivity index (χ1) is 19.2. The van der Waals surface area contributed by atoms with Gasteiger partial charge in [-0.05, 0) is 68.8 Å². The van der Waals surface area contributed by atoms with Gasteiger partial charge in [-0.1, -0.05) is 115 Å². The highest BCUT2D eigenvalue weighted by atomic mass is 31.2. The number of ether oxygens (including phenoxy) is 1. The summed E-state index contributed by atoms with van der Waals surface area (Å²) in [6, 6.07) is 45.4. The predicted octanol–water partition coefficient (Wildman–Crippen LogP) is 7.73. The summed E-state index contributed by atoms with van der Waals surface area (Å²) in [4.78, 5) is 0. The van der Waals surface area contributed by atoms with E-state index < -0.39 is 7.14 Å². The number of fused-ring (bicyclic) bond motifs is 4. The Morgan fingerprint density at radius 3 is 1.85 bits per heavy atom. The smallest absolute Gasteiger partial charge is 0.171 e. The Balaban J connectivity index is 1.71. The SMILES string of the molecule is COc1ccc2c(P(=O)(c3ccccc3)c3ccccc3)c3c(c(-c4ccccc4)c2c1)-c1ccccc1C3. The molecular weight excluding hydrogens is 495 g/mol. The summed E-state index contributed by atoms with van der Waals surface area (Å²) in [5.41, 5.74) is 7.12. The molecule has 0 aromatic heterocycles. The van der Waals surface area contributed by atoms with Gasteiger partial charge in [-0.3, -0.25) is 0 Å². The molecule has 0 unspecified atom stereocenters. The Hall–Kier alpha value is -4.39. The van der Waals surface area contributed by atoms with Crippen molar-refractivity contribution in [2.45, 2.75) is 6.42 Å². The van der Waals surface area contributed by atoms with E-state index in [1.807, 2.05) is 72.8 Å². The molecule has 0 N–H and O–H groups in total.